The number of aromatic nitrogens is 2. The Bertz CT molecular complexity index is 643. The predicted octanol–water partition coefficient (Wildman–Crippen LogP) is 0.866. The van der Waals surface area contributed by atoms with Crippen LogP contribution in [-0.2, 0) is 20.0 Å². The van der Waals surface area contributed by atoms with Gasteiger partial charge in [0.05, 0.1) is 12.7 Å². The highest BCUT2D eigenvalue weighted by molar-refractivity contribution is 5.93. The van der Waals surface area contributed by atoms with E-state index in [1.807, 2.05) is 6.92 Å². The molecule has 0 aliphatic carbocycles. The molecule has 0 aromatic carbocycles. The van der Waals surface area contributed by atoms with Gasteiger partial charge in [0.15, 0.2) is 0 Å². The number of nitrogens with zero attached hydrogens (tertiary/aromatic N) is 2. The summed E-state index contributed by atoms with van der Waals surface area (Å²) in [6, 6.07) is 2.88. The minimum atomic E-state index is -0.325. The molecule has 6 heteroatoms. The fraction of sp³-hybridized carbons (Fsp3) is 0.308. The van der Waals surface area contributed by atoms with Crippen LogP contribution in [-0.4, -0.2) is 15.5 Å². The lowest BCUT2D eigenvalue weighted by Gasteiger charge is -2.03. The Morgan fingerprint density at radius 3 is 2.95 bits per heavy atom. The van der Waals surface area contributed by atoms with Crippen molar-refractivity contribution in [2.75, 3.05) is 0 Å². The van der Waals surface area contributed by atoms with Crippen LogP contribution in [0.25, 0.3) is 0 Å². The van der Waals surface area contributed by atoms with E-state index in [0.717, 1.165) is 12.2 Å². The Morgan fingerprint density at radius 1 is 1.53 bits per heavy atom. The molecule has 19 heavy (non-hydrogen) atoms. The molecule has 0 spiro atoms. The van der Waals surface area contributed by atoms with E-state index >= 15 is 0 Å². The third-order valence-corrected chi connectivity index (χ3v) is 2.72. The summed E-state index contributed by atoms with van der Waals surface area (Å²) in [5.41, 5.74) is 0.0995. The van der Waals surface area contributed by atoms with Gasteiger partial charge in [0.1, 0.15) is 5.76 Å². The molecule has 2 rings (SSSR count). The highest BCUT2D eigenvalue weighted by Crippen LogP contribution is 2.04. The van der Waals surface area contributed by atoms with Gasteiger partial charge in [0.2, 0.25) is 5.89 Å². The molecule has 0 fully saturated rings. The maximum Gasteiger partial charge on any atom is 0.251 e. The van der Waals surface area contributed by atoms with E-state index in [-0.39, 0.29) is 18.0 Å². The summed E-state index contributed by atoms with van der Waals surface area (Å²) in [7, 11) is 1.63. The van der Waals surface area contributed by atoms with Gasteiger partial charge >= 0.3 is 0 Å². The fourth-order valence-corrected chi connectivity index (χ4v) is 1.54. The number of oxazole rings is 1. The van der Waals surface area contributed by atoms with Crippen molar-refractivity contribution in [2.45, 2.75) is 19.9 Å². The van der Waals surface area contributed by atoms with Gasteiger partial charge in [-0.05, 0) is 6.07 Å². The topological polar surface area (TPSA) is 77.1 Å². The van der Waals surface area contributed by atoms with Gasteiger partial charge in [-0.1, -0.05) is 6.92 Å². The number of hydrogen-bond donors (Lipinski definition) is 1. The van der Waals surface area contributed by atoms with Crippen LogP contribution in [0.4, 0.5) is 0 Å². The van der Waals surface area contributed by atoms with E-state index in [1.165, 1.54) is 10.6 Å². The van der Waals surface area contributed by atoms with Gasteiger partial charge in [-0.25, -0.2) is 4.98 Å². The average Bonchev–Trinajstić information content (AvgIpc) is 2.87. The first-order valence-corrected chi connectivity index (χ1v) is 5.98. The monoisotopic (exact) mass is 261 g/mol. The SMILES string of the molecule is CCc1cnc(CNC(=O)c2ccn(C)c(=O)c2)o1. The molecule has 2 aromatic heterocycles. The highest BCUT2D eigenvalue weighted by atomic mass is 16.4. The first-order valence-electron chi connectivity index (χ1n) is 5.98. The lowest BCUT2D eigenvalue weighted by atomic mass is 10.2. The van der Waals surface area contributed by atoms with Crippen LogP contribution in [0.5, 0.6) is 0 Å². The van der Waals surface area contributed by atoms with Gasteiger partial charge in [-0.3, -0.25) is 9.59 Å². The van der Waals surface area contributed by atoms with E-state index in [4.69, 9.17) is 4.42 Å². The van der Waals surface area contributed by atoms with Crippen molar-refractivity contribution in [1.29, 1.82) is 0 Å². The first-order chi connectivity index (χ1) is 9.10. The van der Waals surface area contributed by atoms with Gasteiger partial charge < -0.3 is 14.3 Å². The number of rotatable bonds is 4. The molecule has 100 valence electrons. The molecule has 0 aliphatic rings. The van der Waals surface area contributed by atoms with Gasteiger partial charge in [-0.15, -0.1) is 0 Å². The number of nitrogens with one attached hydrogen (secondary N) is 1. The molecule has 2 heterocycles. The summed E-state index contributed by atoms with van der Waals surface area (Å²) in [5.74, 6) is 0.904. The molecule has 1 amide bonds. The zero-order valence-corrected chi connectivity index (χ0v) is 10.8. The van der Waals surface area contributed by atoms with E-state index in [0.29, 0.717) is 11.5 Å². The molecule has 0 bridgehead atoms. The first kappa shape index (κ1) is 13.1. The smallest absolute Gasteiger partial charge is 0.251 e. The van der Waals surface area contributed by atoms with Crippen molar-refractivity contribution in [2.24, 2.45) is 7.05 Å². The van der Waals surface area contributed by atoms with Crippen LogP contribution in [0, 0.1) is 0 Å². The molecule has 0 atom stereocenters. The molecular formula is C13H15N3O3. The molecule has 2 aromatic rings. The minimum Gasteiger partial charge on any atom is -0.444 e. The van der Waals surface area contributed by atoms with Crippen LogP contribution < -0.4 is 10.9 Å². The van der Waals surface area contributed by atoms with Crippen molar-refractivity contribution in [3.8, 4) is 0 Å². The second-order valence-corrected chi connectivity index (χ2v) is 4.12. The number of hydrogen-bond acceptors (Lipinski definition) is 4. The van der Waals surface area contributed by atoms with Crippen molar-refractivity contribution < 1.29 is 9.21 Å². The average molecular weight is 261 g/mol. The zero-order chi connectivity index (χ0) is 13.8. The predicted molar refractivity (Wildman–Crippen MR) is 68.7 cm³/mol. The van der Waals surface area contributed by atoms with Crippen molar-refractivity contribution >= 4 is 5.91 Å². The number of carbonyl (C=O) groups is 1. The fourth-order valence-electron chi connectivity index (χ4n) is 1.54. The molecule has 0 saturated heterocycles. The summed E-state index contributed by atoms with van der Waals surface area (Å²) in [5, 5.41) is 2.66. The molecule has 1 N–H and O–H groups in total. The Labute approximate surface area is 110 Å². The summed E-state index contributed by atoms with van der Waals surface area (Å²) >= 11 is 0. The van der Waals surface area contributed by atoms with E-state index in [1.54, 1.807) is 25.5 Å². The van der Waals surface area contributed by atoms with Gasteiger partial charge in [0.25, 0.3) is 11.5 Å². The van der Waals surface area contributed by atoms with Crippen LogP contribution in [0.1, 0.15) is 28.9 Å². The Kier molecular flexibility index (Phi) is 3.79. The largest absolute Gasteiger partial charge is 0.444 e. The van der Waals surface area contributed by atoms with Crippen molar-refractivity contribution in [1.82, 2.24) is 14.9 Å². The number of pyridine rings is 1. The molecule has 0 saturated carbocycles. The molecule has 6 nitrogen and oxygen atoms in total. The van der Waals surface area contributed by atoms with Crippen LogP contribution in [0.15, 0.2) is 33.7 Å². The summed E-state index contributed by atoms with van der Waals surface area (Å²) in [4.78, 5) is 27.3. The Hall–Kier alpha value is -2.37. The standard InChI is InChI=1S/C13H15N3O3/c1-3-10-7-14-11(19-10)8-15-13(18)9-4-5-16(2)12(17)6-9/h4-7H,3,8H2,1-2H3,(H,15,18). The second-order valence-electron chi connectivity index (χ2n) is 4.12. The summed E-state index contributed by atoms with van der Waals surface area (Å²) in [6.07, 6.45) is 3.95. The summed E-state index contributed by atoms with van der Waals surface area (Å²) in [6.45, 7) is 2.16. The third-order valence-electron chi connectivity index (χ3n) is 2.72. The lowest BCUT2D eigenvalue weighted by molar-refractivity contribution is 0.0947. The van der Waals surface area contributed by atoms with E-state index in [2.05, 4.69) is 10.3 Å². The van der Waals surface area contributed by atoms with Crippen molar-refractivity contribution in [3.05, 3.63) is 52.1 Å². The molecular weight excluding hydrogens is 246 g/mol. The second kappa shape index (κ2) is 5.51. The zero-order valence-electron chi connectivity index (χ0n) is 10.8. The number of aryl methyl sites for hydroxylation is 2. The number of amides is 1. The lowest BCUT2D eigenvalue weighted by Crippen LogP contribution is -2.25. The molecule has 0 unspecified atom stereocenters. The van der Waals surface area contributed by atoms with E-state index < -0.39 is 0 Å². The third kappa shape index (κ3) is 3.09. The molecule has 0 aliphatic heterocycles. The Morgan fingerprint density at radius 2 is 2.32 bits per heavy atom. The van der Waals surface area contributed by atoms with Crippen LogP contribution in [0.3, 0.4) is 0 Å². The number of carbonyl (C=O) groups excluding carboxylic acids is 1. The quantitative estimate of drug-likeness (QED) is 0.885. The van der Waals surface area contributed by atoms with Crippen LogP contribution in [0.2, 0.25) is 0 Å². The normalized spacial score (nSPS) is 10.4. The van der Waals surface area contributed by atoms with Crippen LogP contribution >= 0.6 is 0 Å². The Balaban J connectivity index is 2.01. The summed E-state index contributed by atoms with van der Waals surface area (Å²) < 4.78 is 6.77. The van der Waals surface area contributed by atoms with Gasteiger partial charge in [-0.2, -0.15) is 0 Å². The minimum absolute atomic E-state index is 0.202. The van der Waals surface area contributed by atoms with Crippen molar-refractivity contribution in [3.63, 3.8) is 0 Å². The van der Waals surface area contributed by atoms with E-state index in [9.17, 15) is 9.59 Å². The molecule has 0 radical (unpaired) electrons. The van der Waals surface area contributed by atoms with Gasteiger partial charge in [0, 0.05) is 31.3 Å². The highest BCUT2D eigenvalue weighted by Gasteiger charge is 2.08. The maximum atomic E-state index is 11.8. The maximum absolute atomic E-state index is 11.8.